The smallest absolute Gasteiger partial charge is 0.311 e. The number of methoxy groups -OCH3 is 1. The number of epoxide rings is 1. The number of carbonyl (C=O) groups is 1. The summed E-state index contributed by atoms with van der Waals surface area (Å²) in [5.41, 5.74) is 1.30. The zero-order valence-electron chi connectivity index (χ0n) is 19.6. The van der Waals surface area contributed by atoms with E-state index < -0.39 is 0 Å². The van der Waals surface area contributed by atoms with Gasteiger partial charge in [0.2, 0.25) is 0 Å². The fraction of sp³-hybridized carbons (Fsp3) is 0.731. The van der Waals surface area contributed by atoms with Crippen molar-refractivity contribution < 1.29 is 19.0 Å². The van der Waals surface area contributed by atoms with Gasteiger partial charge in [0.05, 0.1) is 24.8 Å². The first-order valence-corrected chi connectivity index (χ1v) is 12.5. The van der Waals surface area contributed by atoms with Crippen LogP contribution < -0.4 is 9.64 Å². The first kappa shape index (κ1) is 20.8. The third-order valence-corrected chi connectivity index (χ3v) is 9.45. The highest BCUT2D eigenvalue weighted by Crippen LogP contribution is 2.70. The van der Waals surface area contributed by atoms with Gasteiger partial charge in [-0.25, -0.2) is 0 Å². The van der Waals surface area contributed by atoms with Crippen LogP contribution in [0, 0.1) is 23.2 Å². The number of anilines is 1. The average molecular weight is 441 g/mol. The lowest BCUT2D eigenvalue weighted by Gasteiger charge is -2.49. The van der Waals surface area contributed by atoms with Crippen molar-refractivity contribution in [3.63, 3.8) is 0 Å². The Bertz CT molecular complexity index is 900. The summed E-state index contributed by atoms with van der Waals surface area (Å²) in [6.07, 6.45) is 4.92. The van der Waals surface area contributed by atoms with Crippen LogP contribution in [0.3, 0.4) is 0 Å². The third kappa shape index (κ3) is 2.88. The fourth-order valence-electron chi connectivity index (χ4n) is 7.78. The molecule has 0 radical (unpaired) electrons. The average Bonchev–Trinajstić information content (AvgIpc) is 3.48. The molecule has 1 aromatic carbocycles. The molecule has 3 saturated heterocycles. The van der Waals surface area contributed by atoms with Crippen LogP contribution in [0.4, 0.5) is 5.69 Å². The van der Waals surface area contributed by atoms with Crippen molar-refractivity contribution in [2.75, 3.05) is 44.7 Å². The highest BCUT2D eigenvalue weighted by atomic mass is 16.6. The molecule has 5 aliphatic rings. The molecule has 0 unspecified atom stereocenters. The lowest BCUT2D eigenvalue weighted by molar-refractivity contribution is -0.146. The third-order valence-electron chi connectivity index (χ3n) is 9.45. The molecule has 3 heterocycles. The molecule has 0 bridgehead atoms. The number of nitrogens with zero attached hydrogens (tertiary/aromatic N) is 2. The lowest BCUT2D eigenvalue weighted by Crippen LogP contribution is -2.55. The number of benzene rings is 1. The predicted octanol–water partition coefficient (Wildman–Crippen LogP) is 3.34. The summed E-state index contributed by atoms with van der Waals surface area (Å²) in [5, 5.41) is 0. The van der Waals surface area contributed by atoms with Crippen LogP contribution in [0.5, 0.6) is 5.75 Å². The summed E-state index contributed by atoms with van der Waals surface area (Å²) in [5.74, 6) is 1.68. The second-order valence-electron chi connectivity index (χ2n) is 11.0. The van der Waals surface area contributed by atoms with Crippen LogP contribution in [-0.2, 0) is 14.3 Å². The number of esters is 1. The molecule has 3 aliphatic heterocycles. The Hall–Kier alpha value is -1.79. The number of carbonyl (C=O) groups excluding carboxylic acids is 1. The quantitative estimate of drug-likeness (QED) is 0.529. The van der Waals surface area contributed by atoms with Gasteiger partial charge in [-0.1, -0.05) is 32.4 Å². The van der Waals surface area contributed by atoms with Crippen molar-refractivity contribution in [2.45, 2.75) is 57.3 Å². The number of fused-ring (bicyclic) bond motifs is 2. The van der Waals surface area contributed by atoms with E-state index in [-0.39, 0.29) is 41.0 Å². The minimum atomic E-state index is -0.0548. The molecule has 32 heavy (non-hydrogen) atoms. The summed E-state index contributed by atoms with van der Waals surface area (Å²) in [6, 6.07) is 8.22. The Morgan fingerprint density at radius 3 is 2.75 bits per heavy atom. The van der Waals surface area contributed by atoms with Crippen molar-refractivity contribution >= 4 is 11.7 Å². The molecule has 1 aromatic rings. The highest BCUT2D eigenvalue weighted by Gasteiger charge is 2.78. The molecule has 2 saturated carbocycles. The van der Waals surface area contributed by atoms with Gasteiger partial charge < -0.3 is 19.1 Å². The molecular formula is C26H36N2O4. The van der Waals surface area contributed by atoms with Gasteiger partial charge in [-0.05, 0) is 37.3 Å². The summed E-state index contributed by atoms with van der Waals surface area (Å²) in [7, 11) is 1.73. The largest absolute Gasteiger partial charge is 0.495 e. The molecule has 5 fully saturated rings. The van der Waals surface area contributed by atoms with E-state index in [2.05, 4.69) is 35.8 Å². The van der Waals surface area contributed by atoms with E-state index in [1.807, 2.05) is 12.1 Å². The predicted molar refractivity (Wildman–Crippen MR) is 122 cm³/mol. The van der Waals surface area contributed by atoms with Gasteiger partial charge >= 0.3 is 5.97 Å². The fourth-order valence-corrected chi connectivity index (χ4v) is 7.78. The molecule has 0 amide bonds. The maximum Gasteiger partial charge on any atom is 0.311 e. The zero-order chi connectivity index (χ0) is 22.1. The van der Waals surface area contributed by atoms with Gasteiger partial charge in [-0.2, -0.15) is 0 Å². The van der Waals surface area contributed by atoms with Crippen molar-refractivity contribution in [1.82, 2.24) is 4.90 Å². The van der Waals surface area contributed by atoms with Gasteiger partial charge in [0.25, 0.3) is 0 Å². The Labute approximate surface area is 191 Å². The molecule has 2 aliphatic carbocycles. The standard InChI is InChI=1S/C26H36N2O4/c1-17-7-6-10-25(2)15-21-22(23-26(17,25)32-23)18(24(29)31-21)16-27-11-13-28(14-12-27)19-8-4-5-9-20(19)30-3/h4-5,8-9,17-18,21-23H,6-7,10-16H2,1-3H3/t17-,18-,21+,22+,23-,25+,26-/m0/s1. The van der Waals surface area contributed by atoms with E-state index in [4.69, 9.17) is 14.2 Å². The van der Waals surface area contributed by atoms with Crippen LogP contribution in [0.1, 0.15) is 39.5 Å². The van der Waals surface area contributed by atoms with E-state index in [0.717, 1.165) is 50.6 Å². The number of hydrogen-bond donors (Lipinski definition) is 0. The van der Waals surface area contributed by atoms with Crippen molar-refractivity contribution in [1.29, 1.82) is 0 Å². The Balaban J connectivity index is 1.14. The number of hydrogen-bond acceptors (Lipinski definition) is 6. The molecular weight excluding hydrogens is 404 g/mol. The molecule has 7 atom stereocenters. The number of rotatable bonds is 4. The number of ether oxygens (including phenoxy) is 3. The van der Waals surface area contributed by atoms with E-state index >= 15 is 0 Å². The molecule has 6 rings (SSSR count). The minimum absolute atomic E-state index is 0.00714. The SMILES string of the molecule is COc1ccccc1N1CCN(C[C@@H]2C(=O)O[C@@H]3C[C@@]4(C)CCC[C@H](C)[C@@]45O[C@H]5[C@H]23)CC1. The van der Waals surface area contributed by atoms with Gasteiger partial charge in [-0.3, -0.25) is 9.69 Å². The zero-order valence-corrected chi connectivity index (χ0v) is 19.6. The molecule has 0 N–H and O–H groups in total. The van der Waals surface area contributed by atoms with Gasteiger partial charge in [0.1, 0.15) is 17.5 Å². The normalized spacial score (nSPS) is 43.2. The van der Waals surface area contributed by atoms with Gasteiger partial charge in [0.15, 0.2) is 0 Å². The second-order valence-corrected chi connectivity index (χ2v) is 11.0. The monoisotopic (exact) mass is 440 g/mol. The van der Waals surface area contributed by atoms with Crippen LogP contribution in [0.25, 0.3) is 0 Å². The molecule has 0 aromatic heterocycles. The van der Waals surface area contributed by atoms with E-state index in [0.29, 0.717) is 5.92 Å². The molecule has 6 heteroatoms. The van der Waals surface area contributed by atoms with Crippen molar-refractivity contribution in [3.8, 4) is 5.75 Å². The second kappa shape index (κ2) is 7.36. The molecule has 174 valence electrons. The van der Waals surface area contributed by atoms with Crippen molar-refractivity contribution in [3.05, 3.63) is 24.3 Å². The van der Waals surface area contributed by atoms with E-state index in [9.17, 15) is 4.79 Å². The van der Waals surface area contributed by atoms with Gasteiger partial charge in [-0.15, -0.1) is 0 Å². The first-order chi connectivity index (χ1) is 15.5. The molecule has 1 spiro atoms. The summed E-state index contributed by atoms with van der Waals surface area (Å²) in [6.45, 7) is 9.32. The Morgan fingerprint density at radius 2 is 1.97 bits per heavy atom. The maximum atomic E-state index is 13.0. The first-order valence-electron chi connectivity index (χ1n) is 12.5. The summed E-state index contributed by atoms with van der Waals surface area (Å²) >= 11 is 0. The van der Waals surface area contributed by atoms with E-state index in [1.54, 1.807) is 7.11 Å². The number of para-hydroxylation sites is 2. The Kier molecular flexibility index (Phi) is 4.78. The van der Waals surface area contributed by atoms with Crippen molar-refractivity contribution in [2.24, 2.45) is 23.2 Å². The molecule has 6 nitrogen and oxygen atoms in total. The Morgan fingerprint density at radius 1 is 1.19 bits per heavy atom. The minimum Gasteiger partial charge on any atom is -0.495 e. The van der Waals surface area contributed by atoms with Crippen LogP contribution in [0.2, 0.25) is 0 Å². The van der Waals surface area contributed by atoms with Gasteiger partial charge in [0, 0.05) is 44.1 Å². The van der Waals surface area contributed by atoms with Crippen LogP contribution in [-0.4, -0.2) is 68.5 Å². The highest BCUT2D eigenvalue weighted by molar-refractivity contribution is 5.76. The topological polar surface area (TPSA) is 54.5 Å². The summed E-state index contributed by atoms with van der Waals surface area (Å²) in [4.78, 5) is 17.8. The van der Waals surface area contributed by atoms with Crippen LogP contribution >= 0.6 is 0 Å². The van der Waals surface area contributed by atoms with E-state index in [1.165, 1.54) is 19.3 Å². The number of piperazine rings is 1. The van der Waals surface area contributed by atoms with Crippen LogP contribution in [0.15, 0.2) is 24.3 Å². The lowest BCUT2D eigenvalue weighted by atomic mass is 9.53. The maximum absolute atomic E-state index is 13.0. The summed E-state index contributed by atoms with van der Waals surface area (Å²) < 4.78 is 18.2.